The van der Waals surface area contributed by atoms with Gasteiger partial charge in [0.05, 0.1) is 0 Å². The molecule has 0 saturated carbocycles. The molecule has 0 bridgehead atoms. The van der Waals surface area contributed by atoms with Gasteiger partial charge in [0.1, 0.15) is 0 Å². The van der Waals surface area contributed by atoms with Gasteiger partial charge in [0.25, 0.3) is 0 Å². The molecule has 0 atom stereocenters. The molecular formula is C9H15B. The molecule has 0 fully saturated rings. The van der Waals surface area contributed by atoms with Gasteiger partial charge < -0.3 is 0 Å². The number of hydrogen-bond acceptors (Lipinski definition) is 0. The summed E-state index contributed by atoms with van der Waals surface area (Å²) in [6.45, 7) is 9.83. The molecule has 0 aliphatic heterocycles. The van der Waals surface area contributed by atoms with E-state index >= 15 is 0 Å². The zero-order valence-corrected chi connectivity index (χ0v) is 6.93. The monoisotopic (exact) mass is 134 g/mol. The summed E-state index contributed by atoms with van der Waals surface area (Å²) < 4.78 is 0. The van der Waals surface area contributed by atoms with Crippen LogP contribution in [0, 0.1) is 0 Å². The fourth-order valence-electron chi connectivity index (χ4n) is 0.748. The fourth-order valence-corrected chi connectivity index (χ4v) is 0.748. The third-order valence-electron chi connectivity index (χ3n) is 1.39. The summed E-state index contributed by atoms with van der Waals surface area (Å²) in [6, 6.07) is 0. The van der Waals surface area contributed by atoms with Gasteiger partial charge in [-0.3, -0.25) is 0 Å². The van der Waals surface area contributed by atoms with E-state index in [1.807, 2.05) is 19.9 Å². The van der Waals surface area contributed by atoms with Gasteiger partial charge in [0.2, 0.25) is 0 Å². The average molecular weight is 134 g/mol. The van der Waals surface area contributed by atoms with Crippen LogP contribution in [0.2, 0.25) is 6.32 Å². The minimum atomic E-state index is 1.01. The molecule has 0 amide bonds. The molecule has 0 aromatic rings. The second kappa shape index (κ2) is 6.53. The molecule has 0 unspecified atom stereocenters. The van der Waals surface area contributed by atoms with Crippen molar-refractivity contribution in [3.05, 3.63) is 23.8 Å². The summed E-state index contributed by atoms with van der Waals surface area (Å²) >= 11 is 0. The molecule has 0 aliphatic rings. The van der Waals surface area contributed by atoms with E-state index in [4.69, 9.17) is 0 Å². The van der Waals surface area contributed by atoms with Gasteiger partial charge in [-0.25, -0.2) is 0 Å². The third-order valence-corrected chi connectivity index (χ3v) is 1.39. The second-order valence-corrected chi connectivity index (χ2v) is 2.20. The van der Waals surface area contributed by atoms with Crippen molar-refractivity contribution in [1.29, 1.82) is 0 Å². The van der Waals surface area contributed by atoms with Gasteiger partial charge in [-0.2, -0.15) is 0 Å². The first-order valence-corrected chi connectivity index (χ1v) is 3.76. The second-order valence-electron chi connectivity index (χ2n) is 2.20. The quantitative estimate of drug-likeness (QED) is 0.409. The number of rotatable bonds is 4. The van der Waals surface area contributed by atoms with Crippen molar-refractivity contribution in [2.75, 3.05) is 0 Å². The molecule has 0 spiro atoms. The van der Waals surface area contributed by atoms with E-state index in [1.54, 1.807) is 0 Å². The third kappa shape index (κ3) is 4.31. The molecule has 10 heavy (non-hydrogen) atoms. The van der Waals surface area contributed by atoms with E-state index in [0.29, 0.717) is 0 Å². The molecule has 0 saturated heterocycles. The van der Waals surface area contributed by atoms with Crippen LogP contribution in [0.15, 0.2) is 23.8 Å². The van der Waals surface area contributed by atoms with Crippen molar-refractivity contribution in [3.8, 4) is 0 Å². The summed E-state index contributed by atoms with van der Waals surface area (Å²) in [4.78, 5) is 0. The van der Waals surface area contributed by atoms with Crippen molar-refractivity contribution in [2.24, 2.45) is 0 Å². The van der Waals surface area contributed by atoms with Crippen LogP contribution in [0.4, 0.5) is 0 Å². The molecule has 0 heterocycles. The summed E-state index contributed by atoms with van der Waals surface area (Å²) in [7, 11) is 0. The topological polar surface area (TPSA) is 0 Å². The Morgan fingerprint density at radius 1 is 1.60 bits per heavy atom. The van der Waals surface area contributed by atoms with Crippen molar-refractivity contribution in [1.82, 2.24) is 0 Å². The van der Waals surface area contributed by atoms with Crippen LogP contribution in [0.3, 0.4) is 0 Å². The normalized spacial score (nSPS) is 12.0. The van der Waals surface area contributed by atoms with Crippen LogP contribution < -0.4 is 0 Å². The van der Waals surface area contributed by atoms with Gasteiger partial charge in [-0.05, 0) is 0 Å². The Hall–Kier alpha value is -0.585. The Morgan fingerprint density at radius 2 is 2.30 bits per heavy atom. The van der Waals surface area contributed by atoms with Gasteiger partial charge in [-0.15, -0.1) is 0 Å². The van der Waals surface area contributed by atoms with Crippen LogP contribution >= 0.6 is 0 Å². The fraction of sp³-hybridized carbons (Fsp3) is 0.444. The number of hydrogen-bond donors (Lipinski definition) is 0. The summed E-state index contributed by atoms with van der Waals surface area (Å²) in [6.07, 6.45) is 8.40. The maximum absolute atomic E-state index is 3.69. The van der Waals surface area contributed by atoms with Crippen molar-refractivity contribution < 1.29 is 0 Å². The van der Waals surface area contributed by atoms with Crippen LogP contribution in [-0.4, -0.2) is 13.4 Å². The van der Waals surface area contributed by atoms with Crippen LogP contribution in [0.5, 0.6) is 0 Å². The van der Waals surface area contributed by atoms with E-state index in [1.165, 1.54) is 5.57 Å². The van der Waals surface area contributed by atoms with E-state index in [2.05, 4.69) is 25.5 Å². The Labute approximate surface area is 64.6 Å². The summed E-state index contributed by atoms with van der Waals surface area (Å²) in [5.41, 5.74) is 1.44. The Morgan fingerprint density at radius 3 is 2.70 bits per heavy atom. The van der Waals surface area contributed by atoms with Crippen LogP contribution in [-0.2, 0) is 0 Å². The number of allylic oxidation sites excluding steroid dienone is 4. The summed E-state index contributed by atoms with van der Waals surface area (Å²) in [5.74, 6) is 0. The van der Waals surface area contributed by atoms with Crippen molar-refractivity contribution in [2.45, 2.75) is 26.6 Å². The molecule has 0 rings (SSSR count). The first-order valence-electron chi connectivity index (χ1n) is 3.76. The van der Waals surface area contributed by atoms with Gasteiger partial charge in [0.15, 0.2) is 0 Å². The van der Waals surface area contributed by atoms with E-state index < -0.39 is 0 Å². The Kier molecular flexibility index (Phi) is 6.15. The average Bonchev–Trinajstić information content (AvgIpc) is 1.98. The maximum atomic E-state index is 3.69. The Balaban J connectivity index is 3.89. The first-order chi connectivity index (χ1) is 4.85. The van der Waals surface area contributed by atoms with Crippen molar-refractivity contribution >= 4 is 13.4 Å². The molecule has 1 heteroatoms. The van der Waals surface area contributed by atoms with Crippen molar-refractivity contribution in [3.63, 3.8) is 0 Å². The predicted molar refractivity (Wildman–Crippen MR) is 50.9 cm³/mol. The molecular weight excluding hydrogens is 119 g/mol. The molecule has 0 nitrogen and oxygen atoms in total. The SMILES string of the molecule is C=BCC(=CC=CC)CC. The van der Waals surface area contributed by atoms with Gasteiger partial charge in [0, 0.05) is 0 Å². The molecule has 0 aliphatic carbocycles. The molecule has 0 radical (unpaired) electrons. The van der Waals surface area contributed by atoms with E-state index in [9.17, 15) is 0 Å². The van der Waals surface area contributed by atoms with Crippen LogP contribution in [0.25, 0.3) is 0 Å². The van der Waals surface area contributed by atoms with E-state index in [-0.39, 0.29) is 0 Å². The predicted octanol–water partition coefficient (Wildman–Crippen LogP) is 2.45. The first kappa shape index (κ1) is 9.41. The molecule has 0 aromatic heterocycles. The van der Waals surface area contributed by atoms with Gasteiger partial charge in [-0.1, -0.05) is 0 Å². The zero-order valence-electron chi connectivity index (χ0n) is 6.93. The van der Waals surface area contributed by atoms with Gasteiger partial charge >= 0.3 is 63.8 Å². The molecule has 54 valence electrons. The Bertz CT molecular complexity index is 143. The summed E-state index contributed by atoms with van der Waals surface area (Å²) in [5, 5.41) is 0. The molecule has 0 aromatic carbocycles. The van der Waals surface area contributed by atoms with Crippen LogP contribution in [0.1, 0.15) is 20.3 Å². The molecule has 0 N–H and O–H groups in total. The van der Waals surface area contributed by atoms with E-state index in [0.717, 1.165) is 12.7 Å². The zero-order chi connectivity index (χ0) is 7.82. The minimum absolute atomic E-state index is 1.01. The standard InChI is InChI=1S/C9H15B/c1-4-6-7-9(5-2)8-10-3/h4,6-7H,3,5,8H2,1-2H3.